The van der Waals surface area contributed by atoms with Crippen LogP contribution in [0.5, 0.6) is 0 Å². The predicted molar refractivity (Wildman–Crippen MR) is 89.2 cm³/mol. The van der Waals surface area contributed by atoms with Gasteiger partial charge in [0.05, 0.1) is 5.69 Å². The monoisotopic (exact) mass is 310 g/mol. The Morgan fingerprint density at radius 1 is 1.14 bits per heavy atom. The van der Waals surface area contributed by atoms with Crippen LogP contribution in [0.25, 0.3) is 10.9 Å². The van der Waals surface area contributed by atoms with E-state index in [1.54, 1.807) is 0 Å². The molecular formula is C18H15ClN2O. The Hall–Kier alpha value is -2.26. The number of hydrogen-bond acceptors (Lipinski definition) is 1. The Balaban J connectivity index is 1.53. The van der Waals surface area contributed by atoms with E-state index in [0.717, 1.165) is 33.6 Å². The highest BCUT2D eigenvalue weighted by Crippen LogP contribution is 2.50. The zero-order chi connectivity index (χ0) is 15.1. The van der Waals surface area contributed by atoms with E-state index in [4.69, 9.17) is 11.6 Å². The first kappa shape index (κ1) is 13.4. The van der Waals surface area contributed by atoms with Crippen molar-refractivity contribution >= 4 is 34.1 Å². The van der Waals surface area contributed by atoms with E-state index in [1.807, 2.05) is 54.7 Å². The molecule has 2 atom stereocenters. The first-order valence-electron chi connectivity index (χ1n) is 7.35. The first-order chi connectivity index (χ1) is 10.7. The predicted octanol–water partition coefficient (Wildman–Crippen LogP) is 4.56. The van der Waals surface area contributed by atoms with Crippen molar-refractivity contribution in [1.29, 1.82) is 0 Å². The number of H-pyrrole nitrogens is 1. The summed E-state index contributed by atoms with van der Waals surface area (Å²) in [6.07, 6.45) is 2.74. The van der Waals surface area contributed by atoms with Crippen molar-refractivity contribution in [3.05, 3.63) is 65.3 Å². The number of nitrogens with one attached hydrogen (secondary N) is 2. The van der Waals surface area contributed by atoms with Gasteiger partial charge in [0, 0.05) is 28.0 Å². The van der Waals surface area contributed by atoms with Gasteiger partial charge in [-0.05, 0) is 42.2 Å². The Labute approximate surface area is 133 Å². The van der Waals surface area contributed by atoms with Crippen LogP contribution in [0.2, 0.25) is 5.02 Å². The molecule has 4 heteroatoms. The van der Waals surface area contributed by atoms with Gasteiger partial charge in [-0.2, -0.15) is 0 Å². The highest BCUT2D eigenvalue weighted by atomic mass is 35.5. The van der Waals surface area contributed by atoms with Gasteiger partial charge < -0.3 is 10.3 Å². The highest BCUT2D eigenvalue weighted by molar-refractivity contribution is 6.31. The second-order valence-corrected chi connectivity index (χ2v) is 6.11. The summed E-state index contributed by atoms with van der Waals surface area (Å²) in [7, 11) is 0. The van der Waals surface area contributed by atoms with Crippen molar-refractivity contribution in [2.24, 2.45) is 5.92 Å². The van der Waals surface area contributed by atoms with Crippen molar-refractivity contribution in [3.8, 4) is 0 Å². The van der Waals surface area contributed by atoms with Gasteiger partial charge in [-0.1, -0.05) is 35.9 Å². The van der Waals surface area contributed by atoms with Crippen LogP contribution >= 0.6 is 11.6 Å². The minimum Gasteiger partial charge on any atom is -0.361 e. The zero-order valence-electron chi connectivity index (χ0n) is 11.8. The maximum atomic E-state index is 12.5. The van der Waals surface area contributed by atoms with Crippen LogP contribution in [-0.4, -0.2) is 10.9 Å². The van der Waals surface area contributed by atoms with Crippen LogP contribution < -0.4 is 5.32 Å². The van der Waals surface area contributed by atoms with Gasteiger partial charge >= 0.3 is 0 Å². The molecular weight excluding hydrogens is 296 g/mol. The fraction of sp³-hybridized carbons (Fsp3) is 0.167. The molecule has 4 rings (SSSR count). The molecule has 22 heavy (non-hydrogen) atoms. The fourth-order valence-corrected chi connectivity index (χ4v) is 3.30. The number of rotatable bonds is 3. The van der Waals surface area contributed by atoms with E-state index in [2.05, 4.69) is 10.3 Å². The molecule has 1 saturated carbocycles. The molecule has 1 heterocycles. The number of anilines is 1. The lowest BCUT2D eigenvalue weighted by molar-refractivity contribution is -0.117. The number of hydrogen-bond donors (Lipinski definition) is 2. The third-order valence-electron chi connectivity index (χ3n) is 4.28. The number of fused-ring (bicyclic) bond motifs is 1. The fourth-order valence-electron chi connectivity index (χ4n) is 3.02. The summed E-state index contributed by atoms with van der Waals surface area (Å²) >= 11 is 6.22. The van der Waals surface area contributed by atoms with Crippen LogP contribution in [0.4, 0.5) is 5.69 Å². The van der Waals surface area contributed by atoms with E-state index in [9.17, 15) is 4.79 Å². The third-order valence-corrected chi connectivity index (χ3v) is 4.63. The van der Waals surface area contributed by atoms with Crippen molar-refractivity contribution in [1.82, 2.24) is 4.98 Å². The SMILES string of the molecule is O=C(Nc1cccc2[nH]ccc12)C1CC1c1ccccc1Cl. The molecule has 0 radical (unpaired) electrons. The first-order valence-corrected chi connectivity index (χ1v) is 7.73. The number of carbonyl (C=O) groups is 1. The third kappa shape index (κ3) is 2.28. The number of aromatic amines is 1. The van der Waals surface area contributed by atoms with Gasteiger partial charge in [0.2, 0.25) is 5.91 Å². The average Bonchev–Trinajstić information content (AvgIpc) is 3.16. The summed E-state index contributed by atoms with van der Waals surface area (Å²) in [6.45, 7) is 0. The molecule has 0 spiro atoms. The van der Waals surface area contributed by atoms with Gasteiger partial charge in [0.25, 0.3) is 0 Å². The maximum absolute atomic E-state index is 12.5. The van der Waals surface area contributed by atoms with Crippen LogP contribution in [0.1, 0.15) is 17.9 Å². The van der Waals surface area contributed by atoms with Crippen LogP contribution in [-0.2, 0) is 4.79 Å². The summed E-state index contributed by atoms with van der Waals surface area (Å²) in [6, 6.07) is 15.6. The Morgan fingerprint density at radius 2 is 2.00 bits per heavy atom. The molecule has 3 nitrogen and oxygen atoms in total. The van der Waals surface area contributed by atoms with E-state index in [0.29, 0.717) is 0 Å². The minimum absolute atomic E-state index is 0.00842. The molecule has 2 N–H and O–H groups in total. The Bertz CT molecular complexity index is 855. The summed E-state index contributed by atoms with van der Waals surface area (Å²) < 4.78 is 0. The van der Waals surface area contributed by atoms with Gasteiger partial charge in [0.1, 0.15) is 0 Å². The lowest BCUT2D eigenvalue weighted by Crippen LogP contribution is -2.14. The van der Waals surface area contributed by atoms with Crippen molar-refractivity contribution < 1.29 is 4.79 Å². The molecule has 2 unspecified atom stereocenters. The molecule has 1 amide bonds. The standard InChI is InChI=1S/C18H15ClN2O/c19-15-5-2-1-4-11(15)13-10-14(13)18(22)21-17-7-3-6-16-12(17)8-9-20-16/h1-9,13-14,20H,10H2,(H,21,22). The van der Waals surface area contributed by atoms with Gasteiger partial charge in [0.15, 0.2) is 0 Å². The van der Waals surface area contributed by atoms with Crippen LogP contribution in [0, 0.1) is 5.92 Å². The Kier molecular flexibility index (Phi) is 3.16. The number of amides is 1. The van der Waals surface area contributed by atoms with Gasteiger partial charge in [-0.25, -0.2) is 0 Å². The molecule has 110 valence electrons. The topological polar surface area (TPSA) is 44.9 Å². The van der Waals surface area contributed by atoms with E-state index < -0.39 is 0 Å². The van der Waals surface area contributed by atoms with E-state index in [-0.39, 0.29) is 17.7 Å². The van der Waals surface area contributed by atoms with Gasteiger partial charge in [-0.15, -0.1) is 0 Å². The van der Waals surface area contributed by atoms with Crippen LogP contribution in [0.3, 0.4) is 0 Å². The second-order valence-electron chi connectivity index (χ2n) is 5.70. The van der Waals surface area contributed by atoms with E-state index in [1.165, 1.54) is 0 Å². The quantitative estimate of drug-likeness (QED) is 0.731. The lowest BCUT2D eigenvalue weighted by Gasteiger charge is -2.07. The zero-order valence-corrected chi connectivity index (χ0v) is 12.6. The molecule has 0 saturated heterocycles. The molecule has 1 aliphatic rings. The molecule has 3 aromatic rings. The highest BCUT2D eigenvalue weighted by Gasteiger charge is 2.44. The molecule has 0 aliphatic heterocycles. The summed E-state index contributed by atoms with van der Waals surface area (Å²) in [5.41, 5.74) is 2.95. The lowest BCUT2D eigenvalue weighted by atomic mass is 10.1. The number of halogens is 1. The largest absolute Gasteiger partial charge is 0.361 e. The van der Waals surface area contributed by atoms with Crippen molar-refractivity contribution in [2.75, 3.05) is 5.32 Å². The smallest absolute Gasteiger partial charge is 0.228 e. The summed E-state index contributed by atoms with van der Waals surface area (Å²) in [5.74, 6) is 0.312. The van der Waals surface area contributed by atoms with Crippen LogP contribution in [0.15, 0.2) is 54.7 Å². The normalized spacial score (nSPS) is 20.0. The molecule has 1 fully saturated rings. The number of carbonyl (C=O) groups excluding carboxylic acids is 1. The van der Waals surface area contributed by atoms with E-state index >= 15 is 0 Å². The molecule has 2 aromatic carbocycles. The minimum atomic E-state index is 0.00842. The number of aromatic nitrogens is 1. The molecule has 1 aromatic heterocycles. The van der Waals surface area contributed by atoms with Crippen molar-refractivity contribution in [2.45, 2.75) is 12.3 Å². The molecule has 1 aliphatic carbocycles. The average molecular weight is 311 g/mol. The Morgan fingerprint density at radius 3 is 2.86 bits per heavy atom. The molecule has 0 bridgehead atoms. The number of benzene rings is 2. The summed E-state index contributed by atoms with van der Waals surface area (Å²) in [4.78, 5) is 15.6. The second kappa shape index (κ2) is 5.18. The maximum Gasteiger partial charge on any atom is 0.228 e. The van der Waals surface area contributed by atoms with Crippen molar-refractivity contribution in [3.63, 3.8) is 0 Å². The summed E-state index contributed by atoms with van der Waals surface area (Å²) in [5, 5.41) is 4.83. The van der Waals surface area contributed by atoms with Gasteiger partial charge in [-0.3, -0.25) is 4.79 Å².